The van der Waals surface area contributed by atoms with Crippen LogP contribution in [0.3, 0.4) is 0 Å². The van der Waals surface area contributed by atoms with E-state index in [4.69, 9.17) is 5.73 Å². The van der Waals surface area contributed by atoms with Gasteiger partial charge in [0.2, 0.25) is 5.91 Å². The molecule has 0 bridgehead atoms. The number of para-hydroxylation sites is 1. The minimum absolute atomic E-state index is 0.0839. The van der Waals surface area contributed by atoms with E-state index in [0.29, 0.717) is 5.56 Å². The van der Waals surface area contributed by atoms with Crippen LogP contribution in [0.15, 0.2) is 18.2 Å². The number of rotatable bonds is 2. The van der Waals surface area contributed by atoms with Gasteiger partial charge in [-0.1, -0.05) is 12.1 Å². The predicted molar refractivity (Wildman–Crippen MR) is 73.6 cm³/mol. The van der Waals surface area contributed by atoms with E-state index >= 15 is 0 Å². The topological polar surface area (TPSA) is 75.4 Å². The summed E-state index contributed by atoms with van der Waals surface area (Å²) in [5, 5.41) is 2.26. The molecule has 3 N–H and O–H groups in total. The summed E-state index contributed by atoms with van der Waals surface area (Å²) in [5.74, 6) is -1.39. The Balaban J connectivity index is 2.60. The molecular formula is C14H18FN3O2. The van der Waals surface area contributed by atoms with Gasteiger partial charge < -0.3 is 10.6 Å². The molecule has 2 rings (SSSR count). The molecule has 1 heterocycles. The second kappa shape index (κ2) is 4.86. The fourth-order valence-electron chi connectivity index (χ4n) is 2.33. The highest BCUT2D eigenvalue weighted by Crippen LogP contribution is 2.34. The van der Waals surface area contributed by atoms with Crippen molar-refractivity contribution in [2.75, 3.05) is 11.4 Å². The summed E-state index contributed by atoms with van der Waals surface area (Å²) in [6, 6.07) is 4.16. The van der Waals surface area contributed by atoms with Crippen molar-refractivity contribution >= 4 is 17.5 Å². The van der Waals surface area contributed by atoms with E-state index in [9.17, 15) is 14.0 Å². The van der Waals surface area contributed by atoms with Crippen molar-refractivity contribution in [3.05, 3.63) is 29.6 Å². The maximum atomic E-state index is 14.3. The van der Waals surface area contributed by atoms with Gasteiger partial charge in [-0.05, 0) is 32.4 Å². The highest BCUT2D eigenvalue weighted by Gasteiger charge is 2.42. The summed E-state index contributed by atoms with van der Waals surface area (Å²) in [4.78, 5) is 25.1. The van der Waals surface area contributed by atoms with Gasteiger partial charge in [0.05, 0.1) is 12.2 Å². The number of nitrogens with zero attached hydrogens (tertiary/aromatic N) is 1. The van der Waals surface area contributed by atoms with E-state index in [2.05, 4.69) is 5.32 Å². The van der Waals surface area contributed by atoms with Crippen molar-refractivity contribution in [3.63, 3.8) is 0 Å². The number of imide groups is 1. The average Bonchev–Trinajstić information content (AvgIpc) is 2.34. The van der Waals surface area contributed by atoms with Gasteiger partial charge in [0.15, 0.2) is 0 Å². The first-order valence-electron chi connectivity index (χ1n) is 6.41. The Hall–Kier alpha value is -1.95. The molecule has 1 aromatic carbocycles. The monoisotopic (exact) mass is 279 g/mol. The molecule has 1 aliphatic heterocycles. The molecule has 1 unspecified atom stereocenters. The molecular weight excluding hydrogens is 261 g/mol. The summed E-state index contributed by atoms with van der Waals surface area (Å²) in [6.07, 6.45) is 0. The number of hydrogen-bond donors (Lipinski definition) is 2. The number of anilines is 1. The van der Waals surface area contributed by atoms with Gasteiger partial charge in [-0.25, -0.2) is 4.39 Å². The molecule has 5 nitrogen and oxygen atoms in total. The Morgan fingerprint density at radius 2 is 2.05 bits per heavy atom. The lowest BCUT2D eigenvalue weighted by molar-refractivity contribution is -0.135. The van der Waals surface area contributed by atoms with Gasteiger partial charge in [-0.3, -0.25) is 14.9 Å². The van der Waals surface area contributed by atoms with Crippen molar-refractivity contribution in [3.8, 4) is 0 Å². The molecule has 1 aromatic rings. The van der Waals surface area contributed by atoms with Crippen molar-refractivity contribution in [2.24, 2.45) is 5.73 Å². The molecule has 6 heteroatoms. The number of benzene rings is 1. The number of carbonyl (C=O) groups is 2. The molecule has 1 aliphatic rings. The Bertz CT molecular complexity index is 570. The van der Waals surface area contributed by atoms with Crippen LogP contribution in [0.2, 0.25) is 0 Å². The van der Waals surface area contributed by atoms with Crippen LogP contribution < -0.4 is 16.0 Å². The van der Waals surface area contributed by atoms with Gasteiger partial charge in [0.1, 0.15) is 11.4 Å². The first-order chi connectivity index (χ1) is 9.25. The molecule has 1 saturated heterocycles. The number of amides is 2. The molecule has 0 aliphatic carbocycles. The molecule has 0 spiro atoms. The molecule has 0 saturated carbocycles. The Morgan fingerprint density at radius 3 is 2.65 bits per heavy atom. The van der Waals surface area contributed by atoms with E-state index in [-0.39, 0.29) is 12.2 Å². The second-order valence-corrected chi connectivity index (χ2v) is 5.49. The summed E-state index contributed by atoms with van der Waals surface area (Å²) < 4.78 is 14.3. The summed E-state index contributed by atoms with van der Waals surface area (Å²) in [6.45, 7) is 4.94. The second-order valence-electron chi connectivity index (χ2n) is 5.49. The maximum absolute atomic E-state index is 14.3. The van der Waals surface area contributed by atoms with Crippen molar-refractivity contribution in [1.29, 1.82) is 0 Å². The van der Waals surface area contributed by atoms with Crippen molar-refractivity contribution in [2.45, 2.75) is 32.4 Å². The molecule has 1 atom stereocenters. The standard InChI is InChI=1S/C14H18FN3O2/c1-8(16)9-5-4-6-10(15)12(9)18-7-11(19)17-13(20)14(18,2)3/h4-6,8H,7,16H2,1-3H3,(H,17,19,20). The van der Waals surface area contributed by atoms with Gasteiger partial charge in [0, 0.05) is 6.04 Å². The van der Waals surface area contributed by atoms with Crippen LogP contribution in [0.1, 0.15) is 32.4 Å². The van der Waals surface area contributed by atoms with Crippen LogP contribution in [0.5, 0.6) is 0 Å². The lowest BCUT2D eigenvalue weighted by Gasteiger charge is -2.43. The molecule has 2 amide bonds. The van der Waals surface area contributed by atoms with Crippen LogP contribution >= 0.6 is 0 Å². The third kappa shape index (κ3) is 2.27. The fourth-order valence-corrected chi connectivity index (χ4v) is 2.33. The zero-order valence-electron chi connectivity index (χ0n) is 11.7. The van der Waals surface area contributed by atoms with E-state index in [1.54, 1.807) is 32.9 Å². The van der Waals surface area contributed by atoms with Crippen LogP contribution in [0.25, 0.3) is 0 Å². The molecule has 20 heavy (non-hydrogen) atoms. The largest absolute Gasteiger partial charge is 0.345 e. The highest BCUT2D eigenvalue weighted by atomic mass is 19.1. The normalized spacial score (nSPS) is 19.8. The smallest absolute Gasteiger partial charge is 0.251 e. The minimum atomic E-state index is -1.03. The highest BCUT2D eigenvalue weighted by molar-refractivity contribution is 6.06. The first-order valence-corrected chi connectivity index (χ1v) is 6.41. The number of nitrogens with one attached hydrogen (secondary N) is 1. The molecule has 1 fully saturated rings. The number of carbonyl (C=O) groups excluding carboxylic acids is 2. The SMILES string of the molecule is CC(N)c1cccc(F)c1N1CC(=O)NC(=O)C1(C)C. The van der Waals surface area contributed by atoms with Gasteiger partial charge in [-0.15, -0.1) is 0 Å². The number of halogens is 1. The van der Waals surface area contributed by atoms with Crippen LogP contribution in [-0.2, 0) is 9.59 Å². The third-order valence-corrected chi connectivity index (χ3v) is 3.56. The van der Waals surface area contributed by atoms with Crippen molar-refractivity contribution in [1.82, 2.24) is 5.32 Å². The Labute approximate surface area is 116 Å². The van der Waals surface area contributed by atoms with Crippen LogP contribution in [-0.4, -0.2) is 23.9 Å². The number of piperazine rings is 1. The third-order valence-electron chi connectivity index (χ3n) is 3.56. The lowest BCUT2D eigenvalue weighted by atomic mass is 9.95. The average molecular weight is 279 g/mol. The number of hydrogen-bond acceptors (Lipinski definition) is 4. The zero-order valence-corrected chi connectivity index (χ0v) is 11.7. The summed E-state index contributed by atoms with van der Waals surface area (Å²) in [5.41, 5.74) is 5.63. The van der Waals surface area contributed by atoms with E-state index in [1.165, 1.54) is 11.0 Å². The van der Waals surface area contributed by atoms with E-state index < -0.39 is 29.2 Å². The number of nitrogens with two attached hydrogens (primary N) is 1. The van der Waals surface area contributed by atoms with Gasteiger partial charge >= 0.3 is 0 Å². The fraction of sp³-hybridized carbons (Fsp3) is 0.429. The molecule has 0 aromatic heterocycles. The maximum Gasteiger partial charge on any atom is 0.251 e. The van der Waals surface area contributed by atoms with E-state index in [0.717, 1.165) is 0 Å². The van der Waals surface area contributed by atoms with Gasteiger partial charge in [0.25, 0.3) is 5.91 Å². The Kier molecular flexibility index (Phi) is 3.52. The zero-order chi connectivity index (χ0) is 15.1. The summed E-state index contributed by atoms with van der Waals surface area (Å²) >= 11 is 0. The van der Waals surface area contributed by atoms with Crippen LogP contribution in [0, 0.1) is 5.82 Å². The minimum Gasteiger partial charge on any atom is -0.345 e. The first kappa shape index (κ1) is 14.5. The predicted octanol–water partition coefficient (Wildman–Crippen LogP) is 1.09. The van der Waals surface area contributed by atoms with Crippen molar-refractivity contribution < 1.29 is 14.0 Å². The summed E-state index contributed by atoms with van der Waals surface area (Å²) in [7, 11) is 0. The lowest BCUT2D eigenvalue weighted by Crippen LogP contribution is -2.64. The molecule has 108 valence electrons. The van der Waals surface area contributed by atoms with E-state index in [1.807, 2.05) is 0 Å². The Morgan fingerprint density at radius 1 is 1.40 bits per heavy atom. The van der Waals surface area contributed by atoms with Crippen LogP contribution in [0.4, 0.5) is 10.1 Å². The molecule has 0 radical (unpaired) electrons. The van der Waals surface area contributed by atoms with Gasteiger partial charge in [-0.2, -0.15) is 0 Å². The quantitative estimate of drug-likeness (QED) is 0.795.